The molecule has 172 valence electrons. The van der Waals surface area contributed by atoms with E-state index < -0.39 is 24.4 Å². The zero-order valence-corrected chi connectivity index (χ0v) is 17.1. The summed E-state index contributed by atoms with van der Waals surface area (Å²) in [4.78, 5) is 34.1. The molecular weight excluding hydrogens is 419 g/mol. The first-order valence-electron chi connectivity index (χ1n) is 9.95. The molecule has 0 unspecified atom stereocenters. The highest BCUT2D eigenvalue weighted by Crippen LogP contribution is 2.22. The molecule has 31 heavy (non-hydrogen) atoms. The summed E-state index contributed by atoms with van der Waals surface area (Å²) in [6.45, 7) is 1.92. The molecule has 10 nitrogen and oxygen atoms in total. The number of nitrogens with one attached hydrogen (secondary N) is 2. The second kappa shape index (κ2) is 11.4. The number of alkyl halides is 3. The van der Waals surface area contributed by atoms with E-state index in [4.69, 9.17) is 0 Å². The van der Waals surface area contributed by atoms with Gasteiger partial charge in [0.1, 0.15) is 5.52 Å². The first kappa shape index (κ1) is 24.3. The Kier molecular flexibility index (Phi) is 8.97. The minimum atomic E-state index is -4.23. The molecule has 0 aliphatic rings. The molecule has 0 radical (unpaired) electrons. The Morgan fingerprint density at radius 3 is 2.87 bits per heavy atom. The Bertz CT molecular complexity index is 926. The molecule has 0 aromatic carbocycles. The third-order valence-corrected chi connectivity index (χ3v) is 4.57. The third kappa shape index (κ3) is 8.00. The van der Waals surface area contributed by atoms with Crippen molar-refractivity contribution in [1.29, 1.82) is 0 Å². The number of aromatic nitrogens is 4. The quantitative estimate of drug-likeness (QED) is 0.199. The largest absolute Gasteiger partial charge is 0.389 e. The van der Waals surface area contributed by atoms with Gasteiger partial charge in [-0.3, -0.25) is 14.8 Å². The topological polar surface area (TPSA) is 128 Å². The van der Waals surface area contributed by atoms with Crippen LogP contribution in [0.15, 0.2) is 17.6 Å². The first-order chi connectivity index (χ1) is 14.7. The van der Waals surface area contributed by atoms with Crippen molar-refractivity contribution in [3.8, 4) is 0 Å². The van der Waals surface area contributed by atoms with Gasteiger partial charge < -0.3 is 9.55 Å². The number of unbranched alkanes of at least 4 members (excludes halogenated alkanes) is 2. The van der Waals surface area contributed by atoms with E-state index in [0.717, 1.165) is 19.3 Å². The maximum absolute atomic E-state index is 12.5. The molecule has 0 bridgehead atoms. The van der Waals surface area contributed by atoms with Crippen molar-refractivity contribution in [2.24, 2.45) is 11.0 Å². The van der Waals surface area contributed by atoms with Gasteiger partial charge >= 0.3 is 6.18 Å². The Morgan fingerprint density at radius 1 is 1.42 bits per heavy atom. The number of carbonyl (C=O) groups excluding carboxylic acids is 2. The number of fused-ring (bicyclic) bond motifs is 1. The van der Waals surface area contributed by atoms with Gasteiger partial charge in [0.25, 0.3) is 0 Å². The number of H-pyrrole nitrogens is 1. The Labute approximate surface area is 176 Å². The van der Waals surface area contributed by atoms with Gasteiger partial charge in [-0.1, -0.05) is 26.2 Å². The highest BCUT2D eigenvalue weighted by atomic mass is 19.4. The Morgan fingerprint density at radius 2 is 2.19 bits per heavy atom. The van der Waals surface area contributed by atoms with Crippen LogP contribution in [0.3, 0.4) is 0 Å². The summed E-state index contributed by atoms with van der Waals surface area (Å²) in [6, 6.07) is 0. The van der Waals surface area contributed by atoms with Gasteiger partial charge in [0, 0.05) is 19.2 Å². The van der Waals surface area contributed by atoms with Crippen molar-refractivity contribution >= 4 is 23.5 Å². The zero-order valence-electron chi connectivity index (χ0n) is 17.1. The van der Waals surface area contributed by atoms with E-state index in [9.17, 15) is 28.0 Å². The summed E-state index contributed by atoms with van der Waals surface area (Å²) in [7, 11) is 0. The molecule has 0 aliphatic carbocycles. The maximum atomic E-state index is 12.5. The molecular formula is C18H26F3N7O3. The van der Waals surface area contributed by atoms with E-state index in [-0.39, 0.29) is 31.5 Å². The van der Waals surface area contributed by atoms with E-state index >= 15 is 0 Å². The van der Waals surface area contributed by atoms with Crippen LogP contribution >= 0.6 is 0 Å². The number of aromatic amines is 1. The van der Waals surface area contributed by atoms with Crippen LogP contribution in [0.5, 0.6) is 0 Å². The van der Waals surface area contributed by atoms with E-state index in [1.165, 1.54) is 17.1 Å². The molecule has 1 atom stereocenters. The van der Waals surface area contributed by atoms with Crippen LogP contribution in [0.2, 0.25) is 0 Å². The molecule has 13 heteroatoms. The normalized spacial score (nSPS) is 13.4. The maximum Gasteiger partial charge on any atom is 0.389 e. The van der Waals surface area contributed by atoms with E-state index in [1.807, 2.05) is 6.92 Å². The van der Waals surface area contributed by atoms with Crippen LogP contribution in [0.25, 0.3) is 11.2 Å². The lowest BCUT2D eigenvalue weighted by molar-refractivity contribution is -0.154. The van der Waals surface area contributed by atoms with E-state index in [0.29, 0.717) is 22.6 Å². The SMILES string of the molecule is CCCCC[C@@H](CN(O)C=O)C(=O)NN=c1nc2c(c[nH]1)ncn2CCCC(F)(F)F. The van der Waals surface area contributed by atoms with Gasteiger partial charge in [-0.25, -0.2) is 15.5 Å². The van der Waals surface area contributed by atoms with Crippen LogP contribution in [0.1, 0.15) is 45.4 Å². The number of hydrogen-bond acceptors (Lipinski definition) is 6. The average molecular weight is 445 g/mol. The number of hydroxylamine groups is 2. The zero-order chi connectivity index (χ0) is 22.9. The van der Waals surface area contributed by atoms with Gasteiger partial charge in [-0.05, 0) is 12.8 Å². The molecule has 2 heterocycles. The predicted molar refractivity (Wildman–Crippen MR) is 103 cm³/mol. The van der Waals surface area contributed by atoms with Crippen molar-refractivity contribution in [1.82, 2.24) is 30.0 Å². The monoisotopic (exact) mass is 445 g/mol. The number of carbonyl (C=O) groups is 2. The molecule has 0 spiro atoms. The second-order valence-corrected chi connectivity index (χ2v) is 7.10. The highest BCUT2D eigenvalue weighted by Gasteiger charge is 2.26. The molecule has 0 fully saturated rings. The lowest BCUT2D eigenvalue weighted by atomic mass is 10.0. The number of imidazole rings is 1. The molecule has 3 N–H and O–H groups in total. The van der Waals surface area contributed by atoms with E-state index in [2.05, 4.69) is 25.5 Å². The van der Waals surface area contributed by atoms with Gasteiger partial charge in [-0.15, -0.1) is 5.10 Å². The summed E-state index contributed by atoms with van der Waals surface area (Å²) in [5.41, 5.74) is 3.16. The lowest BCUT2D eigenvalue weighted by Gasteiger charge is -2.18. The molecule has 2 rings (SSSR count). The molecule has 0 saturated heterocycles. The molecule has 2 amide bonds. The Balaban J connectivity index is 2.10. The third-order valence-electron chi connectivity index (χ3n) is 4.57. The van der Waals surface area contributed by atoms with Crippen molar-refractivity contribution in [3.05, 3.63) is 18.1 Å². The minimum absolute atomic E-state index is 0.0296. The number of hydrogen-bond donors (Lipinski definition) is 3. The van der Waals surface area contributed by atoms with Crippen LogP contribution < -0.4 is 11.0 Å². The number of aryl methyl sites for hydroxylation is 1. The first-order valence-corrected chi connectivity index (χ1v) is 9.95. The summed E-state index contributed by atoms with van der Waals surface area (Å²) in [5.74, 6) is -1.16. The van der Waals surface area contributed by atoms with E-state index in [1.54, 1.807) is 0 Å². The summed E-state index contributed by atoms with van der Waals surface area (Å²) in [5, 5.41) is 13.7. The molecule has 2 aromatic rings. The van der Waals surface area contributed by atoms with Gasteiger partial charge in [0.2, 0.25) is 17.9 Å². The van der Waals surface area contributed by atoms with Crippen LogP contribution in [-0.2, 0) is 16.1 Å². The van der Waals surface area contributed by atoms with Crippen LogP contribution in [0, 0.1) is 5.92 Å². The number of amides is 2. The fraction of sp³-hybridized carbons (Fsp3) is 0.611. The predicted octanol–water partition coefficient (Wildman–Crippen LogP) is 2.08. The highest BCUT2D eigenvalue weighted by molar-refractivity contribution is 5.78. The van der Waals surface area contributed by atoms with Crippen LogP contribution in [-0.4, -0.2) is 54.8 Å². The van der Waals surface area contributed by atoms with Crippen molar-refractivity contribution in [3.63, 3.8) is 0 Å². The number of rotatable bonds is 12. The van der Waals surface area contributed by atoms with Gasteiger partial charge in [0.05, 0.1) is 18.8 Å². The fourth-order valence-corrected chi connectivity index (χ4v) is 2.97. The smallest absolute Gasteiger partial charge is 0.327 e. The number of halogens is 3. The number of nitrogens with zero attached hydrogens (tertiary/aromatic N) is 5. The molecule has 2 aromatic heterocycles. The van der Waals surface area contributed by atoms with Crippen LogP contribution in [0.4, 0.5) is 13.2 Å². The molecule has 0 saturated carbocycles. The minimum Gasteiger partial charge on any atom is -0.327 e. The average Bonchev–Trinajstić information content (AvgIpc) is 3.12. The standard InChI is InChI=1S/C18H26F3N7O3/c1-2-3-4-6-13(10-28(31)12-29)16(30)25-26-17-22-9-14-15(24-17)27(11-23-14)8-5-7-18(19,20)21/h9,11-13,31H,2-8,10H2,1H3,(H,25,30)(H,22,24,26)/t13-/m0/s1. The summed E-state index contributed by atoms with van der Waals surface area (Å²) < 4.78 is 38.6. The van der Waals surface area contributed by atoms with Gasteiger partial charge in [0.15, 0.2) is 5.65 Å². The van der Waals surface area contributed by atoms with Gasteiger partial charge in [-0.2, -0.15) is 18.2 Å². The lowest BCUT2D eigenvalue weighted by Crippen LogP contribution is -2.36. The summed E-state index contributed by atoms with van der Waals surface area (Å²) in [6.07, 6.45) is 0.884. The van der Waals surface area contributed by atoms with Crippen molar-refractivity contribution in [2.75, 3.05) is 6.54 Å². The second-order valence-electron chi connectivity index (χ2n) is 7.10. The van der Waals surface area contributed by atoms with Crippen molar-refractivity contribution < 1.29 is 28.0 Å². The fourth-order valence-electron chi connectivity index (χ4n) is 2.97. The summed E-state index contributed by atoms with van der Waals surface area (Å²) >= 11 is 0. The Hall–Kier alpha value is -2.96. The molecule has 0 aliphatic heterocycles. The van der Waals surface area contributed by atoms with Crippen molar-refractivity contribution in [2.45, 2.75) is 58.2 Å².